The van der Waals surface area contributed by atoms with Gasteiger partial charge < -0.3 is 5.21 Å². The van der Waals surface area contributed by atoms with Crippen molar-refractivity contribution in [3.8, 4) is 0 Å². The van der Waals surface area contributed by atoms with Gasteiger partial charge in [0.15, 0.2) is 0 Å². The summed E-state index contributed by atoms with van der Waals surface area (Å²) in [5.41, 5.74) is 5.17. The lowest BCUT2D eigenvalue weighted by Gasteiger charge is -2.19. The molecule has 0 saturated carbocycles. The third-order valence-electron chi connectivity index (χ3n) is 3.03. The molecule has 3 rings (SSSR count). The van der Waals surface area contributed by atoms with Crippen molar-refractivity contribution in [3.05, 3.63) is 70.8 Å². The molecule has 2 aromatic carbocycles. The van der Waals surface area contributed by atoms with E-state index in [-0.39, 0.29) is 0 Å². The van der Waals surface area contributed by atoms with Crippen LogP contribution in [0.1, 0.15) is 49.9 Å². The van der Waals surface area contributed by atoms with Gasteiger partial charge in [0, 0.05) is 11.1 Å². The molecule has 0 radical (unpaired) electrons. The molecule has 0 heterocycles. The molecule has 2 aromatic rings. The summed E-state index contributed by atoms with van der Waals surface area (Å²) in [6, 6.07) is 16.1. The molecule has 0 saturated heterocycles. The zero-order valence-electron chi connectivity index (χ0n) is 12.7. The molecule has 0 bridgehead atoms. The van der Waals surface area contributed by atoms with Crippen molar-refractivity contribution in [2.24, 2.45) is 5.16 Å². The fourth-order valence-electron chi connectivity index (χ4n) is 2.27. The monoisotopic (exact) mass is 269 g/mol. The molecule has 0 atom stereocenters. The van der Waals surface area contributed by atoms with Crippen LogP contribution in [0.15, 0.2) is 53.7 Å². The van der Waals surface area contributed by atoms with Crippen LogP contribution in [0.2, 0.25) is 0 Å². The first-order valence-corrected chi connectivity index (χ1v) is 7.29. The van der Waals surface area contributed by atoms with Crippen LogP contribution < -0.4 is 0 Å². The normalized spacial score (nSPS) is 10.9. The number of oxime groups is 1. The minimum atomic E-state index is 0.678. The third kappa shape index (κ3) is 3.08. The molecule has 2 nitrogen and oxygen atoms in total. The lowest BCUT2D eigenvalue weighted by Crippen LogP contribution is -2.15. The molecule has 2 heteroatoms. The summed E-state index contributed by atoms with van der Waals surface area (Å²) < 4.78 is 0. The molecular weight excluding hydrogens is 246 g/mol. The first-order valence-electron chi connectivity index (χ1n) is 7.29. The second-order valence-corrected chi connectivity index (χ2v) is 3.94. The van der Waals surface area contributed by atoms with Gasteiger partial charge in [0.2, 0.25) is 0 Å². The van der Waals surface area contributed by atoms with Crippen LogP contribution in [0.25, 0.3) is 0 Å². The summed E-state index contributed by atoms with van der Waals surface area (Å²) in [4.78, 5) is 0. The molecule has 0 amide bonds. The molecule has 1 aliphatic carbocycles. The SMILES string of the molecule is CC.CC.ON=C1c2ccccc2Cc2ccccc21. The van der Waals surface area contributed by atoms with Gasteiger partial charge in [0.25, 0.3) is 0 Å². The number of fused-ring (bicyclic) bond motifs is 2. The van der Waals surface area contributed by atoms with Gasteiger partial charge in [-0.3, -0.25) is 0 Å². The topological polar surface area (TPSA) is 32.6 Å². The molecule has 20 heavy (non-hydrogen) atoms. The predicted octanol–water partition coefficient (Wildman–Crippen LogP) is 4.87. The number of hydrogen-bond acceptors (Lipinski definition) is 2. The zero-order chi connectivity index (χ0) is 15.0. The Morgan fingerprint density at radius 1 is 0.750 bits per heavy atom. The van der Waals surface area contributed by atoms with Crippen LogP contribution in [0.3, 0.4) is 0 Å². The van der Waals surface area contributed by atoms with Crippen LogP contribution in [-0.4, -0.2) is 10.9 Å². The van der Waals surface area contributed by atoms with E-state index < -0.39 is 0 Å². The Hall–Kier alpha value is -2.09. The summed E-state index contributed by atoms with van der Waals surface area (Å²) in [5.74, 6) is 0. The highest BCUT2D eigenvalue weighted by Gasteiger charge is 2.20. The van der Waals surface area contributed by atoms with Gasteiger partial charge >= 0.3 is 0 Å². The maximum atomic E-state index is 9.17. The van der Waals surface area contributed by atoms with Crippen molar-refractivity contribution in [3.63, 3.8) is 0 Å². The van der Waals surface area contributed by atoms with Gasteiger partial charge in [0.05, 0.1) is 0 Å². The average Bonchev–Trinajstić information content (AvgIpc) is 2.56. The van der Waals surface area contributed by atoms with Crippen molar-refractivity contribution in [2.75, 3.05) is 0 Å². The van der Waals surface area contributed by atoms with Gasteiger partial charge in [-0.25, -0.2) is 0 Å². The van der Waals surface area contributed by atoms with E-state index in [2.05, 4.69) is 17.3 Å². The highest BCUT2D eigenvalue weighted by atomic mass is 16.4. The van der Waals surface area contributed by atoms with E-state index in [0.29, 0.717) is 5.71 Å². The van der Waals surface area contributed by atoms with Crippen molar-refractivity contribution in [1.82, 2.24) is 0 Å². The predicted molar refractivity (Wildman–Crippen MR) is 85.8 cm³/mol. The first-order chi connectivity index (χ1) is 9.90. The average molecular weight is 269 g/mol. The summed E-state index contributed by atoms with van der Waals surface area (Å²) in [7, 11) is 0. The Morgan fingerprint density at radius 3 is 1.55 bits per heavy atom. The summed E-state index contributed by atoms with van der Waals surface area (Å²) >= 11 is 0. The van der Waals surface area contributed by atoms with Gasteiger partial charge in [0.1, 0.15) is 5.71 Å². The Bertz CT molecular complexity index is 526. The molecule has 1 aliphatic rings. The smallest absolute Gasteiger partial charge is 0.117 e. The highest BCUT2D eigenvalue weighted by Crippen LogP contribution is 2.27. The van der Waals surface area contributed by atoms with Crippen molar-refractivity contribution < 1.29 is 5.21 Å². The van der Waals surface area contributed by atoms with E-state index in [9.17, 15) is 5.21 Å². The summed E-state index contributed by atoms with van der Waals surface area (Å²) in [5, 5.41) is 12.6. The van der Waals surface area contributed by atoms with Crippen LogP contribution >= 0.6 is 0 Å². The van der Waals surface area contributed by atoms with Crippen molar-refractivity contribution in [1.29, 1.82) is 0 Å². The van der Waals surface area contributed by atoms with E-state index >= 15 is 0 Å². The molecule has 1 N–H and O–H groups in total. The quantitative estimate of drug-likeness (QED) is 0.458. The molecule has 106 valence electrons. The van der Waals surface area contributed by atoms with Crippen LogP contribution in [-0.2, 0) is 6.42 Å². The Kier molecular flexibility index (Phi) is 6.51. The van der Waals surface area contributed by atoms with Crippen LogP contribution in [0.4, 0.5) is 0 Å². The molecule has 0 spiro atoms. The van der Waals surface area contributed by atoms with E-state index in [4.69, 9.17) is 0 Å². The molecular formula is C18H23NO. The second kappa shape index (κ2) is 8.16. The number of benzene rings is 2. The molecule has 0 aliphatic heterocycles. The van der Waals surface area contributed by atoms with Gasteiger partial charge in [-0.05, 0) is 17.5 Å². The van der Waals surface area contributed by atoms with E-state index in [0.717, 1.165) is 17.5 Å². The highest BCUT2D eigenvalue weighted by molar-refractivity contribution is 6.15. The maximum Gasteiger partial charge on any atom is 0.117 e. The third-order valence-corrected chi connectivity index (χ3v) is 3.03. The number of rotatable bonds is 0. The van der Waals surface area contributed by atoms with Gasteiger partial charge in [-0.2, -0.15) is 0 Å². The molecule has 0 fully saturated rings. The maximum absolute atomic E-state index is 9.17. The van der Waals surface area contributed by atoms with Gasteiger partial charge in [-0.1, -0.05) is 81.4 Å². The number of nitrogens with zero attached hydrogens (tertiary/aromatic N) is 1. The molecule has 0 aromatic heterocycles. The molecule has 0 unspecified atom stereocenters. The van der Waals surface area contributed by atoms with Crippen LogP contribution in [0.5, 0.6) is 0 Å². The second-order valence-electron chi connectivity index (χ2n) is 3.94. The Labute approximate surface area is 121 Å². The zero-order valence-corrected chi connectivity index (χ0v) is 12.7. The number of hydrogen-bond donors (Lipinski definition) is 1. The summed E-state index contributed by atoms with van der Waals surface area (Å²) in [6.07, 6.45) is 0.908. The fraction of sp³-hybridized carbons (Fsp3) is 0.278. The Morgan fingerprint density at radius 2 is 1.15 bits per heavy atom. The lowest BCUT2D eigenvalue weighted by molar-refractivity contribution is 0.319. The van der Waals surface area contributed by atoms with Crippen LogP contribution in [0, 0.1) is 0 Å². The Balaban J connectivity index is 0.000000461. The minimum absolute atomic E-state index is 0.678. The lowest BCUT2D eigenvalue weighted by atomic mass is 9.85. The fourth-order valence-corrected chi connectivity index (χ4v) is 2.27. The van der Waals surface area contributed by atoms with E-state index in [1.807, 2.05) is 64.1 Å². The minimum Gasteiger partial charge on any atom is -0.410 e. The van der Waals surface area contributed by atoms with E-state index in [1.54, 1.807) is 0 Å². The first kappa shape index (κ1) is 16.0. The largest absolute Gasteiger partial charge is 0.410 e. The summed E-state index contributed by atoms with van der Waals surface area (Å²) in [6.45, 7) is 8.00. The van der Waals surface area contributed by atoms with Gasteiger partial charge in [-0.15, -0.1) is 0 Å². The van der Waals surface area contributed by atoms with E-state index in [1.165, 1.54) is 11.1 Å². The van der Waals surface area contributed by atoms with Crippen molar-refractivity contribution in [2.45, 2.75) is 34.1 Å². The standard InChI is InChI=1S/C14H11NO.2C2H6/c16-15-14-12-7-3-1-5-10(12)9-11-6-2-4-8-13(11)14;2*1-2/h1-8,16H,9H2;2*1-2H3. The van der Waals surface area contributed by atoms with Crippen molar-refractivity contribution >= 4 is 5.71 Å².